The second-order valence-corrected chi connectivity index (χ2v) is 30.2. The molecular formula is C75H142O17P2. The molecule has 0 saturated heterocycles. The second-order valence-electron chi connectivity index (χ2n) is 27.3. The first-order valence-corrected chi connectivity index (χ1v) is 41.3. The van der Waals surface area contributed by atoms with Crippen LogP contribution in [0.4, 0.5) is 0 Å². The van der Waals surface area contributed by atoms with E-state index in [9.17, 15) is 43.2 Å². The van der Waals surface area contributed by atoms with E-state index in [1.54, 1.807) is 0 Å². The Kier molecular flexibility index (Phi) is 64.7. The Hall–Kier alpha value is -2.46. The van der Waals surface area contributed by atoms with Crippen molar-refractivity contribution >= 4 is 39.5 Å². The van der Waals surface area contributed by atoms with Crippen molar-refractivity contribution in [1.82, 2.24) is 0 Å². The molecule has 0 spiro atoms. The molecule has 0 aliphatic carbocycles. The zero-order chi connectivity index (χ0) is 69.3. The van der Waals surface area contributed by atoms with Gasteiger partial charge in [0.2, 0.25) is 0 Å². The molecule has 19 heteroatoms. The van der Waals surface area contributed by atoms with E-state index in [4.69, 9.17) is 37.0 Å². The minimum Gasteiger partial charge on any atom is -0.462 e. The van der Waals surface area contributed by atoms with Crippen LogP contribution in [-0.4, -0.2) is 96.7 Å². The predicted octanol–water partition coefficient (Wildman–Crippen LogP) is 21.5. The van der Waals surface area contributed by atoms with Crippen LogP contribution >= 0.6 is 15.6 Å². The maximum atomic E-state index is 13.1. The Bertz CT molecular complexity index is 1910. The summed E-state index contributed by atoms with van der Waals surface area (Å²) in [6.45, 7) is 9.52. The second kappa shape index (κ2) is 66.4. The lowest BCUT2D eigenvalue weighted by Crippen LogP contribution is -2.30. The van der Waals surface area contributed by atoms with Crippen LogP contribution in [0, 0.1) is 11.8 Å². The summed E-state index contributed by atoms with van der Waals surface area (Å²) in [5, 5.41) is 10.6. The molecule has 2 unspecified atom stereocenters. The highest BCUT2D eigenvalue weighted by Gasteiger charge is 2.30. The maximum absolute atomic E-state index is 13.1. The van der Waals surface area contributed by atoms with Crippen molar-refractivity contribution in [3.63, 3.8) is 0 Å². The van der Waals surface area contributed by atoms with E-state index in [0.717, 1.165) is 115 Å². The van der Waals surface area contributed by atoms with Crippen LogP contribution in [0.25, 0.3) is 0 Å². The fourth-order valence-corrected chi connectivity index (χ4v) is 12.5. The van der Waals surface area contributed by atoms with Gasteiger partial charge in [0, 0.05) is 25.7 Å². The van der Waals surface area contributed by atoms with Crippen molar-refractivity contribution in [3.8, 4) is 0 Å². The molecule has 0 aromatic carbocycles. The number of hydrogen-bond acceptors (Lipinski definition) is 15. The first-order chi connectivity index (χ1) is 45.4. The number of allylic oxidation sites excluding steroid dienone is 4. The smallest absolute Gasteiger partial charge is 0.462 e. The van der Waals surface area contributed by atoms with Crippen LogP contribution in [0.3, 0.4) is 0 Å². The van der Waals surface area contributed by atoms with Gasteiger partial charge in [-0.25, -0.2) is 9.13 Å². The van der Waals surface area contributed by atoms with Crippen LogP contribution in [-0.2, 0) is 65.4 Å². The van der Waals surface area contributed by atoms with E-state index in [2.05, 4.69) is 65.8 Å². The third-order valence-electron chi connectivity index (χ3n) is 16.8. The number of rotatable bonds is 72. The van der Waals surface area contributed by atoms with E-state index in [-0.39, 0.29) is 25.7 Å². The van der Waals surface area contributed by atoms with Gasteiger partial charge in [-0.3, -0.25) is 37.3 Å². The van der Waals surface area contributed by atoms with E-state index in [0.29, 0.717) is 25.7 Å². The van der Waals surface area contributed by atoms with Crippen molar-refractivity contribution in [2.45, 2.75) is 381 Å². The monoisotopic (exact) mass is 1380 g/mol. The number of phosphoric ester groups is 2. The van der Waals surface area contributed by atoms with Crippen molar-refractivity contribution in [2.75, 3.05) is 39.6 Å². The molecule has 0 aliphatic rings. The Balaban J connectivity index is 5.30. The third kappa shape index (κ3) is 68.1. The number of hydrogen-bond donors (Lipinski definition) is 3. The van der Waals surface area contributed by atoms with Gasteiger partial charge in [-0.2, -0.15) is 0 Å². The Morgan fingerprint density at radius 1 is 0.330 bits per heavy atom. The van der Waals surface area contributed by atoms with Crippen molar-refractivity contribution in [2.24, 2.45) is 11.8 Å². The van der Waals surface area contributed by atoms with Gasteiger partial charge in [-0.15, -0.1) is 0 Å². The lowest BCUT2D eigenvalue weighted by molar-refractivity contribution is -0.161. The summed E-state index contributed by atoms with van der Waals surface area (Å²) >= 11 is 0. The number of carbonyl (C=O) groups is 4. The summed E-state index contributed by atoms with van der Waals surface area (Å²) in [5.74, 6) is -0.614. The number of ether oxygens (including phenoxy) is 4. The lowest BCUT2D eigenvalue weighted by Gasteiger charge is -2.21. The number of esters is 4. The molecule has 0 amide bonds. The zero-order valence-electron chi connectivity index (χ0n) is 60.7. The highest BCUT2D eigenvalue weighted by atomic mass is 31.2. The van der Waals surface area contributed by atoms with Crippen LogP contribution in [0.2, 0.25) is 0 Å². The molecular weight excluding hydrogens is 1230 g/mol. The average molecular weight is 1380 g/mol. The molecule has 5 atom stereocenters. The van der Waals surface area contributed by atoms with Gasteiger partial charge in [-0.1, -0.05) is 310 Å². The van der Waals surface area contributed by atoms with E-state index < -0.39 is 97.5 Å². The van der Waals surface area contributed by atoms with Crippen LogP contribution in [0.5, 0.6) is 0 Å². The van der Waals surface area contributed by atoms with Crippen LogP contribution < -0.4 is 0 Å². The molecule has 554 valence electrons. The molecule has 0 radical (unpaired) electrons. The molecule has 0 aromatic rings. The van der Waals surface area contributed by atoms with Gasteiger partial charge >= 0.3 is 39.5 Å². The molecule has 0 bridgehead atoms. The van der Waals surface area contributed by atoms with Gasteiger partial charge in [0.25, 0.3) is 0 Å². The first kappa shape index (κ1) is 91.5. The molecule has 0 rings (SSSR count). The number of carbonyl (C=O) groups excluding carboxylic acids is 4. The summed E-state index contributed by atoms with van der Waals surface area (Å²) in [6.07, 6.45) is 56.1. The normalized spacial score (nSPS) is 14.2. The SMILES string of the molecule is CCCCCC/C=C\C=C/CCCCCCCC(=O)O[C@H](COC(=O)CCCCCCCCCCCCCC(C)C)COP(=O)(O)OC[C@@H](O)COP(=O)(O)OC[C@@H](COC(=O)CCCCCCCCCCCCC)OC(=O)CCCCCCCCCCCCCC(C)C. The molecule has 17 nitrogen and oxygen atoms in total. The summed E-state index contributed by atoms with van der Waals surface area (Å²) in [7, 11) is -9.92. The Morgan fingerprint density at radius 2 is 0.574 bits per heavy atom. The number of unbranched alkanes of at least 4 members (excludes halogenated alkanes) is 39. The number of aliphatic hydroxyl groups excluding tert-OH is 1. The molecule has 94 heavy (non-hydrogen) atoms. The highest BCUT2D eigenvalue weighted by Crippen LogP contribution is 2.45. The molecule has 0 aromatic heterocycles. The summed E-state index contributed by atoms with van der Waals surface area (Å²) in [5.41, 5.74) is 0. The topological polar surface area (TPSA) is 237 Å². The first-order valence-electron chi connectivity index (χ1n) is 38.3. The molecule has 0 saturated carbocycles. The van der Waals surface area contributed by atoms with E-state index >= 15 is 0 Å². The third-order valence-corrected chi connectivity index (χ3v) is 18.7. The molecule has 0 fully saturated rings. The molecule has 0 aliphatic heterocycles. The maximum Gasteiger partial charge on any atom is 0.472 e. The summed E-state index contributed by atoms with van der Waals surface area (Å²) in [4.78, 5) is 72.8. The summed E-state index contributed by atoms with van der Waals surface area (Å²) in [6, 6.07) is 0. The Labute approximate surface area is 573 Å². The van der Waals surface area contributed by atoms with E-state index in [1.807, 2.05) is 0 Å². The van der Waals surface area contributed by atoms with Gasteiger partial charge in [-0.05, 0) is 63.2 Å². The van der Waals surface area contributed by atoms with Crippen molar-refractivity contribution in [3.05, 3.63) is 24.3 Å². The standard InChI is InChI=1S/C75H142O17P2/c1-7-9-11-13-15-17-19-20-21-22-28-35-41-47-53-59-74(79)91-71(64-86-73(78)58-52-46-40-34-29-23-26-31-37-43-49-55-67(3)4)66-90-94(83,84)88-62-69(76)61-87-93(81,82)89-65-70(63-85-72(77)57-51-45-39-33-25-18-16-14-12-10-8-2)92-75(80)60-54-48-42-36-30-24-27-32-38-44-50-56-68(5)6/h17,19-21,67-71,76H,7-16,18,22-66H2,1-6H3,(H,81,82)(H,83,84)/b19-17-,21-20-/t69-,70+,71+/m0/s1. The fraction of sp³-hybridized carbons (Fsp3) is 0.893. The molecule has 3 N–H and O–H groups in total. The van der Waals surface area contributed by atoms with E-state index in [1.165, 1.54) is 167 Å². The minimum atomic E-state index is -4.96. The zero-order valence-corrected chi connectivity index (χ0v) is 62.5. The van der Waals surface area contributed by atoms with Crippen LogP contribution in [0.1, 0.15) is 363 Å². The van der Waals surface area contributed by atoms with Crippen molar-refractivity contribution in [1.29, 1.82) is 0 Å². The largest absolute Gasteiger partial charge is 0.472 e. The lowest BCUT2D eigenvalue weighted by atomic mass is 10.0. The number of phosphoric acid groups is 2. The van der Waals surface area contributed by atoms with Gasteiger partial charge in [0.15, 0.2) is 12.2 Å². The number of aliphatic hydroxyl groups is 1. The van der Waals surface area contributed by atoms with Crippen LogP contribution in [0.15, 0.2) is 24.3 Å². The Morgan fingerprint density at radius 3 is 0.872 bits per heavy atom. The van der Waals surface area contributed by atoms with Gasteiger partial charge < -0.3 is 33.8 Å². The average Bonchev–Trinajstić information content (AvgIpc) is 1.97. The van der Waals surface area contributed by atoms with Gasteiger partial charge in [0.05, 0.1) is 26.4 Å². The summed E-state index contributed by atoms with van der Waals surface area (Å²) < 4.78 is 68.5. The molecule has 0 heterocycles. The highest BCUT2D eigenvalue weighted by molar-refractivity contribution is 7.47. The van der Waals surface area contributed by atoms with Gasteiger partial charge in [0.1, 0.15) is 19.3 Å². The predicted molar refractivity (Wildman–Crippen MR) is 381 cm³/mol. The quantitative estimate of drug-likeness (QED) is 0.0169. The fourth-order valence-electron chi connectivity index (χ4n) is 10.9. The van der Waals surface area contributed by atoms with Crippen molar-refractivity contribution < 1.29 is 80.2 Å². The minimum absolute atomic E-state index is 0.0849.